The van der Waals surface area contributed by atoms with Gasteiger partial charge >= 0.3 is 11.9 Å². The Bertz CT molecular complexity index is 1060. The largest absolute Gasteiger partial charge is 0.465 e. The highest BCUT2D eigenvalue weighted by Gasteiger charge is 2.83. The summed E-state index contributed by atoms with van der Waals surface area (Å²) < 4.78 is 30.2. The van der Waals surface area contributed by atoms with Gasteiger partial charge in [0.1, 0.15) is 24.4 Å². The zero-order chi connectivity index (χ0) is 28.2. The van der Waals surface area contributed by atoms with Gasteiger partial charge in [-0.3, -0.25) is 4.79 Å². The molecule has 0 amide bonds. The molecule has 216 valence electrons. The summed E-state index contributed by atoms with van der Waals surface area (Å²) in [6.45, 7) is 7.40. The fourth-order valence-electron chi connectivity index (χ4n) is 7.02. The number of carbonyl (C=O) groups excluding carboxylic acids is 2. The monoisotopic (exact) mass is 548 g/mol. The van der Waals surface area contributed by atoms with Crippen LogP contribution < -0.4 is 0 Å². The van der Waals surface area contributed by atoms with Gasteiger partial charge in [-0.25, -0.2) is 4.79 Å². The Hall–Kier alpha value is -2.08. The van der Waals surface area contributed by atoms with Gasteiger partial charge in [0.15, 0.2) is 0 Å². The predicted molar refractivity (Wildman–Crippen MR) is 137 cm³/mol. The number of rotatable bonds is 1. The number of cyclic esters (lactones) is 1. The molecule has 3 fully saturated rings. The van der Waals surface area contributed by atoms with Crippen LogP contribution in [0.5, 0.6) is 0 Å². The zero-order valence-corrected chi connectivity index (χ0v) is 22.9. The number of esters is 2. The summed E-state index contributed by atoms with van der Waals surface area (Å²) in [6, 6.07) is 0. The van der Waals surface area contributed by atoms with Crippen LogP contribution in [0.2, 0.25) is 0 Å². The molecule has 0 aromatic carbocycles. The molecule has 10 nitrogen and oxygen atoms in total. The van der Waals surface area contributed by atoms with E-state index in [9.17, 15) is 24.9 Å². The predicted octanol–water partition coefficient (Wildman–Crippen LogP) is 1.36. The first kappa shape index (κ1) is 28.4. The van der Waals surface area contributed by atoms with Gasteiger partial charge in [0.05, 0.1) is 55.6 Å². The van der Waals surface area contributed by atoms with Crippen molar-refractivity contribution in [3.63, 3.8) is 0 Å². The number of aliphatic hydroxyl groups excluding tert-OH is 3. The van der Waals surface area contributed by atoms with Crippen LogP contribution in [0.15, 0.2) is 36.0 Å². The van der Waals surface area contributed by atoms with E-state index in [1.165, 1.54) is 12.2 Å². The second kappa shape index (κ2) is 10.4. The van der Waals surface area contributed by atoms with Gasteiger partial charge in [-0.1, -0.05) is 38.2 Å². The van der Waals surface area contributed by atoms with Crippen LogP contribution in [-0.4, -0.2) is 95.4 Å². The number of epoxide rings is 1. The van der Waals surface area contributed by atoms with Crippen LogP contribution in [0.3, 0.4) is 0 Å². The van der Waals surface area contributed by atoms with E-state index in [2.05, 4.69) is 0 Å². The van der Waals surface area contributed by atoms with Crippen LogP contribution in [-0.2, 0) is 33.3 Å². The van der Waals surface area contributed by atoms with Crippen molar-refractivity contribution in [1.29, 1.82) is 0 Å². The summed E-state index contributed by atoms with van der Waals surface area (Å²) in [5.41, 5.74) is -1.66. The second-order valence-corrected chi connectivity index (χ2v) is 12.1. The van der Waals surface area contributed by atoms with E-state index in [0.29, 0.717) is 13.0 Å². The topological polar surface area (TPSA) is 144 Å². The SMILES string of the molecule is CC1=C[C@H]2O[C@H]3C[C@@H]4OC(=O)/C=C/C=C/[C@@H]([C@@H](C)O)OC[C@H](O)[C@@H](C)CC(=O)OC[C@@]2(C[C@H]1O)[C@@]4(C)[C@@]31CO1. The minimum atomic E-state index is -0.969. The molecule has 2 bridgehead atoms. The summed E-state index contributed by atoms with van der Waals surface area (Å²) in [7, 11) is 0. The summed E-state index contributed by atoms with van der Waals surface area (Å²) in [5.74, 6) is -1.53. The fraction of sp³-hybridized carbons (Fsp3) is 0.724. The molecule has 0 unspecified atom stereocenters. The van der Waals surface area contributed by atoms with Crippen LogP contribution in [0.4, 0.5) is 0 Å². The lowest BCUT2D eigenvalue weighted by Gasteiger charge is -2.58. The zero-order valence-electron chi connectivity index (χ0n) is 22.9. The molecule has 2 saturated heterocycles. The third-order valence-electron chi connectivity index (χ3n) is 9.79. The standard InChI is InChI=1S/C29H40O10/c1-16-9-23-28(12-19(16)31)14-36-26(34)10-17(2)20(32)13-35-21(18(3)30)7-5-6-8-25(33)39-22-11-24(38-23)29(15-37-29)27(22,28)4/h5-9,17-24,30-32H,10-15H2,1-4H3/b7-5+,8-6+/t17-,18+,19+,20-,21-,22-,23+,24-,27-,28+,29+/m0/s1. The van der Waals surface area contributed by atoms with E-state index in [4.69, 9.17) is 23.7 Å². The van der Waals surface area contributed by atoms with Crippen LogP contribution in [0, 0.1) is 16.7 Å². The third-order valence-corrected chi connectivity index (χ3v) is 9.79. The molecule has 3 N–H and O–H groups in total. The smallest absolute Gasteiger partial charge is 0.331 e. The Morgan fingerprint density at radius 3 is 2.56 bits per heavy atom. The van der Waals surface area contributed by atoms with Crippen LogP contribution >= 0.6 is 0 Å². The first-order valence-corrected chi connectivity index (χ1v) is 13.8. The first-order chi connectivity index (χ1) is 18.4. The average molecular weight is 549 g/mol. The maximum absolute atomic E-state index is 13.1. The van der Waals surface area contributed by atoms with E-state index in [0.717, 1.165) is 5.57 Å². The van der Waals surface area contributed by atoms with E-state index in [-0.39, 0.29) is 32.2 Å². The van der Waals surface area contributed by atoms with E-state index < -0.39 is 70.9 Å². The maximum Gasteiger partial charge on any atom is 0.331 e. The maximum atomic E-state index is 13.1. The minimum absolute atomic E-state index is 0.0547. The molecule has 39 heavy (non-hydrogen) atoms. The second-order valence-electron chi connectivity index (χ2n) is 12.1. The first-order valence-electron chi connectivity index (χ1n) is 13.8. The van der Waals surface area contributed by atoms with Gasteiger partial charge in [0, 0.05) is 17.9 Å². The van der Waals surface area contributed by atoms with Gasteiger partial charge in [-0.05, 0) is 31.8 Å². The Balaban J connectivity index is 1.52. The number of aliphatic hydroxyl groups is 3. The van der Waals surface area contributed by atoms with Gasteiger partial charge in [0.2, 0.25) is 0 Å². The number of hydrogen-bond acceptors (Lipinski definition) is 10. The van der Waals surface area contributed by atoms with Crippen molar-refractivity contribution >= 4 is 11.9 Å². The van der Waals surface area contributed by atoms with Crippen molar-refractivity contribution in [2.24, 2.45) is 16.7 Å². The molecular formula is C29H40O10. The van der Waals surface area contributed by atoms with E-state index in [1.54, 1.807) is 26.0 Å². The Kier molecular flexibility index (Phi) is 7.58. The molecule has 11 atom stereocenters. The van der Waals surface area contributed by atoms with Crippen molar-refractivity contribution in [3.8, 4) is 0 Å². The molecule has 0 radical (unpaired) electrons. The molecule has 3 aliphatic heterocycles. The highest BCUT2D eigenvalue weighted by molar-refractivity contribution is 5.82. The molecule has 1 saturated carbocycles. The van der Waals surface area contributed by atoms with Crippen LogP contribution in [0.1, 0.15) is 47.0 Å². The van der Waals surface area contributed by atoms with Crippen molar-refractivity contribution in [3.05, 3.63) is 36.0 Å². The number of hydrogen-bond donors (Lipinski definition) is 3. The molecule has 2 aliphatic carbocycles. The highest BCUT2D eigenvalue weighted by atomic mass is 16.6. The number of ether oxygens (including phenoxy) is 5. The van der Waals surface area contributed by atoms with E-state index in [1.807, 2.05) is 19.9 Å². The van der Waals surface area contributed by atoms with Crippen LogP contribution in [0.25, 0.3) is 0 Å². The molecular weight excluding hydrogens is 508 g/mol. The van der Waals surface area contributed by atoms with Crippen molar-refractivity contribution in [2.75, 3.05) is 19.8 Å². The number of allylic oxidation sites excluding steroid dienone is 2. The molecule has 0 aromatic rings. The van der Waals surface area contributed by atoms with E-state index >= 15 is 0 Å². The molecule has 5 aliphatic rings. The van der Waals surface area contributed by atoms with Crippen molar-refractivity contribution in [2.45, 2.75) is 95.3 Å². The molecule has 3 heterocycles. The quantitative estimate of drug-likeness (QED) is 0.250. The highest BCUT2D eigenvalue weighted by Crippen LogP contribution is 2.72. The van der Waals surface area contributed by atoms with Gasteiger partial charge in [-0.15, -0.1) is 0 Å². The molecule has 10 heteroatoms. The summed E-state index contributed by atoms with van der Waals surface area (Å²) in [6.07, 6.45) is 3.77. The normalized spacial score (nSPS) is 49.0. The van der Waals surface area contributed by atoms with Crippen molar-refractivity contribution < 1.29 is 48.6 Å². The van der Waals surface area contributed by atoms with Gasteiger partial charge < -0.3 is 39.0 Å². The Morgan fingerprint density at radius 1 is 1.13 bits per heavy atom. The molecule has 0 aromatic heterocycles. The fourth-order valence-corrected chi connectivity index (χ4v) is 7.02. The average Bonchev–Trinajstić information content (AvgIpc) is 3.65. The summed E-state index contributed by atoms with van der Waals surface area (Å²) in [4.78, 5) is 26.0. The molecule has 5 rings (SSSR count). The summed E-state index contributed by atoms with van der Waals surface area (Å²) in [5, 5.41) is 31.7. The lowest BCUT2D eigenvalue weighted by Crippen LogP contribution is -2.68. The summed E-state index contributed by atoms with van der Waals surface area (Å²) >= 11 is 0. The van der Waals surface area contributed by atoms with Crippen molar-refractivity contribution in [1.82, 2.24) is 0 Å². The van der Waals surface area contributed by atoms with Gasteiger partial charge in [-0.2, -0.15) is 0 Å². The third kappa shape index (κ3) is 4.69. The lowest BCUT2D eigenvalue weighted by molar-refractivity contribution is -0.239. The lowest BCUT2D eigenvalue weighted by atomic mass is 9.51. The number of carbonyl (C=O) groups is 2. The Morgan fingerprint density at radius 2 is 1.87 bits per heavy atom. The Labute approximate surface area is 228 Å². The van der Waals surface area contributed by atoms with Gasteiger partial charge in [0.25, 0.3) is 0 Å². The minimum Gasteiger partial charge on any atom is -0.465 e. The molecule has 2 spiro atoms.